The highest BCUT2D eigenvalue weighted by atomic mass is 79.9. The van der Waals surface area contributed by atoms with Gasteiger partial charge in [0, 0.05) is 23.2 Å². The summed E-state index contributed by atoms with van der Waals surface area (Å²) in [5.74, 6) is 0.251. The first-order chi connectivity index (χ1) is 7.70. The molecule has 1 unspecified atom stereocenters. The highest BCUT2D eigenvalue weighted by Gasteiger charge is 2.25. The maximum atomic E-state index is 10.3. The summed E-state index contributed by atoms with van der Waals surface area (Å²) in [6.45, 7) is 1.46. The van der Waals surface area contributed by atoms with E-state index in [1.54, 1.807) is 0 Å². The summed E-state index contributed by atoms with van der Waals surface area (Å²) < 4.78 is 6.12. The van der Waals surface area contributed by atoms with Crippen LogP contribution in [0.4, 0.5) is 0 Å². The van der Waals surface area contributed by atoms with E-state index in [1.165, 1.54) is 0 Å². The zero-order valence-corrected chi connectivity index (χ0v) is 11.2. The Morgan fingerprint density at radius 1 is 1.38 bits per heavy atom. The second-order valence-electron chi connectivity index (χ2n) is 4.04. The predicted octanol–water partition coefficient (Wildman–Crippen LogP) is 3.56. The van der Waals surface area contributed by atoms with Gasteiger partial charge in [-0.1, -0.05) is 23.7 Å². The molecule has 0 aromatic heterocycles. The normalized spacial score (nSPS) is 19.7. The van der Waals surface area contributed by atoms with Crippen LogP contribution in [0.2, 0.25) is 5.02 Å². The molecule has 0 radical (unpaired) electrons. The van der Waals surface area contributed by atoms with Crippen LogP contribution in [-0.4, -0.2) is 18.3 Å². The Kier molecular flexibility index (Phi) is 4.25. The third-order valence-corrected chi connectivity index (χ3v) is 4.32. The van der Waals surface area contributed by atoms with Crippen LogP contribution in [0.5, 0.6) is 0 Å². The van der Waals surface area contributed by atoms with Crippen molar-refractivity contribution >= 4 is 27.5 Å². The first-order valence-electron chi connectivity index (χ1n) is 5.40. The lowest BCUT2D eigenvalue weighted by atomic mass is 9.89. The first-order valence-corrected chi connectivity index (χ1v) is 6.57. The summed E-state index contributed by atoms with van der Waals surface area (Å²) in [5, 5.41) is 10.9. The number of ether oxygens (including phenoxy) is 1. The number of benzene rings is 1. The van der Waals surface area contributed by atoms with Gasteiger partial charge in [0.25, 0.3) is 0 Å². The van der Waals surface area contributed by atoms with Crippen LogP contribution in [0.25, 0.3) is 0 Å². The van der Waals surface area contributed by atoms with E-state index >= 15 is 0 Å². The van der Waals surface area contributed by atoms with Gasteiger partial charge >= 0.3 is 0 Å². The van der Waals surface area contributed by atoms with Crippen LogP contribution >= 0.6 is 27.5 Å². The molecule has 1 saturated heterocycles. The molecular weight excluding hydrogens is 291 g/mol. The van der Waals surface area contributed by atoms with Crippen molar-refractivity contribution in [1.29, 1.82) is 0 Å². The smallest absolute Gasteiger partial charge is 0.0834 e. The van der Waals surface area contributed by atoms with Crippen LogP contribution < -0.4 is 0 Å². The topological polar surface area (TPSA) is 29.5 Å². The molecule has 1 heterocycles. The first kappa shape index (κ1) is 12.4. The summed E-state index contributed by atoms with van der Waals surface area (Å²) in [7, 11) is 0. The van der Waals surface area contributed by atoms with Gasteiger partial charge in [0.05, 0.1) is 11.1 Å². The summed E-state index contributed by atoms with van der Waals surface area (Å²) >= 11 is 9.54. The monoisotopic (exact) mass is 304 g/mol. The molecule has 2 nitrogen and oxygen atoms in total. The van der Waals surface area contributed by atoms with Gasteiger partial charge < -0.3 is 9.84 Å². The molecule has 1 fully saturated rings. The maximum Gasteiger partial charge on any atom is 0.0834 e. The molecule has 1 aliphatic rings. The predicted molar refractivity (Wildman–Crippen MR) is 67.7 cm³/mol. The van der Waals surface area contributed by atoms with E-state index in [2.05, 4.69) is 15.9 Å². The van der Waals surface area contributed by atoms with Crippen molar-refractivity contribution in [3.8, 4) is 0 Å². The van der Waals surface area contributed by atoms with Crippen molar-refractivity contribution in [3.63, 3.8) is 0 Å². The van der Waals surface area contributed by atoms with Gasteiger partial charge in [0.2, 0.25) is 0 Å². The Bertz CT molecular complexity index is 364. The van der Waals surface area contributed by atoms with Gasteiger partial charge in [0.1, 0.15) is 0 Å². The standard InChI is InChI=1S/C12H14BrClO2/c13-10-3-1-2-9(11(10)14)12(15)8-4-6-16-7-5-8/h1-3,8,12,15H,4-7H2. The third kappa shape index (κ3) is 2.59. The molecule has 1 aliphatic heterocycles. The van der Waals surface area contributed by atoms with E-state index in [1.807, 2.05) is 18.2 Å². The average molecular weight is 306 g/mol. The number of aliphatic hydroxyl groups is 1. The number of aliphatic hydroxyl groups excluding tert-OH is 1. The number of hydrogen-bond acceptors (Lipinski definition) is 2. The van der Waals surface area contributed by atoms with Crippen LogP contribution in [0.15, 0.2) is 22.7 Å². The summed E-state index contributed by atoms with van der Waals surface area (Å²) in [5.41, 5.74) is 0.808. The average Bonchev–Trinajstić information content (AvgIpc) is 2.33. The quantitative estimate of drug-likeness (QED) is 0.905. The van der Waals surface area contributed by atoms with Crippen LogP contribution in [0.3, 0.4) is 0 Å². The minimum absolute atomic E-state index is 0.251. The van der Waals surface area contributed by atoms with Gasteiger partial charge in [-0.2, -0.15) is 0 Å². The lowest BCUT2D eigenvalue weighted by Crippen LogP contribution is -2.22. The van der Waals surface area contributed by atoms with Crippen LogP contribution in [0, 0.1) is 5.92 Å². The molecule has 1 aromatic carbocycles. The van der Waals surface area contributed by atoms with E-state index in [0.717, 1.165) is 36.1 Å². The van der Waals surface area contributed by atoms with E-state index in [0.29, 0.717) is 5.02 Å². The van der Waals surface area contributed by atoms with Crippen LogP contribution in [-0.2, 0) is 4.74 Å². The Balaban J connectivity index is 2.19. The van der Waals surface area contributed by atoms with Crippen molar-refractivity contribution in [2.75, 3.05) is 13.2 Å². The molecule has 1 aromatic rings. The molecule has 1 N–H and O–H groups in total. The van der Waals surface area contributed by atoms with Crippen molar-refractivity contribution in [2.45, 2.75) is 18.9 Å². The van der Waals surface area contributed by atoms with Gasteiger partial charge in [0.15, 0.2) is 0 Å². The molecular formula is C12H14BrClO2. The molecule has 1 atom stereocenters. The summed E-state index contributed by atoms with van der Waals surface area (Å²) in [6, 6.07) is 5.66. The molecule has 4 heteroatoms. The van der Waals surface area contributed by atoms with E-state index in [-0.39, 0.29) is 5.92 Å². The molecule has 0 saturated carbocycles. The van der Waals surface area contributed by atoms with Crippen molar-refractivity contribution in [2.24, 2.45) is 5.92 Å². The molecule has 0 aliphatic carbocycles. The molecule has 0 bridgehead atoms. The fourth-order valence-electron chi connectivity index (χ4n) is 2.03. The highest BCUT2D eigenvalue weighted by Crippen LogP contribution is 2.36. The summed E-state index contributed by atoms with van der Waals surface area (Å²) in [6.07, 6.45) is 1.29. The SMILES string of the molecule is OC(c1cccc(Br)c1Cl)C1CCOCC1. The van der Waals surface area contributed by atoms with Gasteiger partial charge in [-0.25, -0.2) is 0 Å². The van der Waals surface area contributed by atoms with E-state index in [9.17, 15) is 5.11 Å². The Labute approximate surface area is 109 Å². The molecule has 0 spiro atoms. The lowest BCUT2D eigenvalue weighted by molar-refractivity contribution is 0.00720. The molecule has 88 valence electrons. The van der Waals surface area contributed by atoms with E-state index < -0.39 is 6.10 Å². The maximum absolute atomic E-state index is 10.3. The van der Waals surface area contributed by atoms with Gasteiger partial charge in [-0.15, -0.1) is 0 Å². The molecule has 0 amide bonds. The third-order valence-electron chi connectivity index (χ3n) is 3.01. The van der Waals surface area contributed by atoms with Crippen molar-refractivity contribution in [1.82, 2.24) is 0 Å². The Hall–Kier alpha value is -0.0900. The number of hydrogen-bond donors (Lipinski definition) is 1. The Morgan fingerprint density at radius 3 is 2.75 bits per heavy atom. The van der Waals surface area contributed by atoms with Crippen molar-refractivity contribution < 1.29 is 9.84 Å². The van der Waals surface area contributed by atoms with Crippen LogP contribution in [0.1, 0.15) is 24.5 Å². The molecule has 2 rings (SSSR count). The van der Waals surface area contributed by atoms with Gasteiger partial charge in [-0.3, -0.25) is 0 Å². The van der Waals surface area contributed by atoms with E-state index in [4.69, 9.17) is 16.3 Å². The fourth-order valence-corrected chi connectivity index (χ4v) is 2.65. The minimum atomic E-state index is -0.492. The second kappa shape index (κ2) is 5.50. The Morgan fingerprint density at radius 2 is 2.06 bits per heavy atom. The number of rotatable bonds is 2. The van der Waals surface area contributed by atoms with Crippen molar-refractivity contribution in [3.05, 3.63) is 33.3 Å². The zero-order chi connectivity index (χ0) is 11.5. The van der Waals surface area contributed by atoms with Gasteiger partial charge in [-0.05, 0) is 40.8 Å². The summed E-state index contributed by atoms with van der Waals surface area (Å²) in [4.78, 5) is 0. The number of halogens is 2. The largest absolute Gasteiger partial charge is 0.388 e. The zero-order valence-electron chi connectivity index (χ0n) is 8.83. The highest BCUT2D eigenvalue weighted by molar-refractivity contribution is 9.10. The molecule has 16 heavy (non-hydrogen) atoms. The lowest BCUT2D eigenvalue weighted by Gasteiger charge is -2.27. The minimum Gasteiger partial charge on any atom is -0.388 e. The second-order valence-corrected chi connectivity index (χ2v) is 5.27. The fraction of sp³-hybridized carbons (Fsp3) is 0.500.